The Morgan fingerprint density at radius 2 is 2.00 bits per heavy atom. The second-order valence-electron chi connectivity index (χ2n) is 4.29. The summed E-state index contributed by atoms with van der Waals surface area (Å²) in [6.45, 7) is 5.49. The zero-order valence-electron chi connectivity index (χ0n) is 10.9. The Morgan fingerprint density at radius 1 is 1.39 bits per heavy atom. The number of carbonyl (C=O) groups excluding carboxylic acids is 1. The normalized spacial score (nSPS) is 11.8. The van der Waals surface area contributed by atoms with E-state index in [-0.39, 0.29) is 17.2 Å². The molecule has 6 heteroatoms. The highest BCUT2D eigenvalue weighted by Crippen LogP contribution is 2.12. The molecule has 5 nitrogen and oxygen atoms in total. The van der Waals surface area contributed by atoms with Gasteiger partial charge >= 0.3 is 0 Å². The first kappa shape index (κ1) is 14.8. The van der Waals surface area contributed by atoms with Crippen LogP contribution in [0.3, 0.4) is 0 Å². The summed E-state index contributed by atoms with van der Waals surface area (Å²) in [4.78, 5) is 11.8. The Hall–Kier alpha value is -1.30. The summed E-state index contributed by atoms with van der Waals surface area (Å²) < 4.78 is 30.7. The Bertz CT molecular complexity index is 500. The number of aryl methyl sites for hydroxylation is 1. The number of rotatable bonds is 6. The number of sulfonamides is 1. The molecule has 1 rings (SSSR count). The molecule has 0 saturated heterocycles. The van der Waals surface area contributed by atoms with E-state index in [1.807, 2.05) is 13.8 Å². The standard InChI is InChI=1S/C12H19NO4S/c1-4-10(5-2)8-18(15,16)13-12(14)11-6-7-17-9(11)3/h6-7,10H,4-5,8H2,1-3H3,(H,13,14). The molecule has 0 spiro atoms. The zero-order chi connectivity index (χ0) is 13.8. The number of amides is 1. The average Bonchev–Trinajstić information content (AvgIpc) is 2.71. The maximum atomic E-state index is 11.8. The lowest BCUT2D eigenvalue weighted by Crippen LogP contribution is -2.34. The first-order valence-electron chi connectivity index (χ1n) is 5.98. The van der Waals surface area contributed by atoms with E-state index in [1.165, 1.54) is 12.3 Å². The van der Waals surface area contributed by atoms with E-state index in [1.54, 1.807) is 6.92 Å². The van der Waals surface area contributed by atoms with E-state index in [4.69, 9.17) is 4.42 Å². The fraction of sp³-hybridized carbons (Fsp3) is 0.583. The highest BCUT2D eigenvalue weighted by atomic mass is 32.2. The predicted molar refractivity (Wildman–Crippen MR) is 68.8 cm³/mol. The minimum absolute atomic E-state index is 0.0252. The molecule has 1 aromatic heterocycles. The van der Waals surface area contributed by atoms with Gasteiger partial charge in [-0.05, 0) is 18.9 Å². The Morgan fingerprint density at radius 3 is 2.44 bits per heavy atom. The van der Waals surface area contributed by atoms with Crippen molar-refractivity contribution >= 4 is 15.9 Å². The molecule has 0 bridgehead atoms. The van der Waals surface area contributed by atoms with Crippen LogP contribution in [-0.4, -0.2) is 20.1 Å². The van der Waals surface area contributed by atoms with Gasteiger partial charge in [-0.15, -0.1) is 0 Å². The van der Waals surface area contributed by atoms with Crippen molar-refractivity contribution in [2.45, 2.75) is 33.6 Å². The average molecular weight is 273 g/mol. The fourth-order valence-electron chi connectivity index (χ4n) is 1.69. The molecule has 0 aliphatic rings. The van der Waals surface area contributed by atoms with Gasteiger partial charge in [-0.3, -0.25) is 4.79 Å². The molecule has 0 atom stereocenters. The van der Waals surface area contributed by atoms with Gasteiger partial charge < -0.3 is 4.42 Å². The lowest BCUT2D eigenvalue weighted by Gasteiger charge is -2.13. The summed E-state index contributed by atoms with van der Waals surface area (Å²) in [5, 5.41) is 0. The fourth-order valence-corrected chi connectivity index (χ4v) is 3.26. The lowest BCUT2D eigenvalue weighted by atomic mass is 10.1. The predicted octanol–water partition coefficient (Wildman–Crippen LogP) is 2.08. The lowest BCUT2D eigenvalue weighted by molar-refractivity contribution is 0.0980. The molecule has 0 aliphatic carbocycles. The Labute approximate surface area is 108 Å². The van der Waals surface area contributed by atoms with Crippen LogP contribution in [0.15, 0.2) is 16.7 Å². The number of nitrogens with one attached hydrogen (secondary N) is 1. The van der Waals surface area contributed by atoms with Crippen LogP contribution in [0.1, 0.15) is 42.8 Å². The zero-order valence-corrected chi connectivity index (χ0v) is 11.7. The van der Waals surface area contributed by atoms with Crippen LogP contribution >= 0.6 is 0 Å². The molecule has 1 N–H and O–H groups in total. The minimum atomic E-state index is -3.59. The van der Waals surface area contributed by atoms with E-state index in [0.717, 1.165) is 12.8 Å². The third kappa shape index (κ3) is 3.87. The highest BCUT2D eigenvalue weighted by Gasteiger charge is 2.21. The third-order valence-corrected chi connectivity index (χ3v) is 4.37. The van der Waals surface area contributed by atoms with Crippen molar-refractivity contribution in [3.05, 3.63) is 23.7 Å². The van der Waals surface area contributed by atoms with Gasteiger partial charge in [0.2, 0.25) is 10.0 Å². The Balaban J connectivity index is 2.72. The summed E-state index contributed by atoms with van der Waals surface area (Å²) in [5.74, 6) is -0.180. The molecule has 1 amide bonds. The van der Waals surface area contributed by atoms with Crippen LogP contribution in [0.4, 0.5) is 0 Å². The van der Waals surface area contributed by atoms with Gasteiger partial charge in [0.1, 0.15) is 5.76 Å². The van der Waals surface area contributed by atoms with Gasteiger partial charge in [0.25, 0.3) is 5.91 Å². The van der Waals surface area contributed by atoms with Crippen molar-refractivity contribution in [3.8, 4) is 0 Å². The van der Waals surface area contributed by atoms with E-state index >= 15 is 0 Å². The summed E-state index contributed by atoms with van der Waals surface area (Å²) >= 11 is 0. The first-order chi connectivity index (χ1) is 8.39. The van der Waals surface area contributed by atoms with E-state index in [0.29, 0.717) is 5.76 Å². The van der Waals surface area contributed by atoms with Gasteiger partial charge in [-0.2, -0.15) is 0 Å². The van der Waals surface area contributed by atoms with Gasteiger partial charge in [0, 0.05) is 0 Å². The van der Waals surface area contributed by atoms with Crippen molar-refractivity contribution in [1.29, 1.82) is 0 Å². The molecule has 0 radical (unpaired) electrons. The quantitative estimate of drug-likeness (QED) is 0.861. The molecule has 18 heavy (non-hydrogen) atoms. The van der Waals surface area contributed by atoms with Gasteiger partial charge in [0.15, 0.2) is 0 Å². The number of hydrogen-bond acceptors (Lipinski definition) is 4. The maximum absolute atomic E-state index is 11.8. The van der Waals surface area contributed by atoms with Crippen LogP contribution in [0.2, 0.25) is 0 Å². The van der Waals surface area contributed by atoms with Crippen molar-refractivity contribution in [2.75, 3.05) is 5.75 Å². The van der Waals surface area contributed by atoms with Crippen molar-refractivity contribution in [3.63, 3.8) is 0 Å². The van der Waals surface area contributed by atoms with Crippen molar-refractivity contribution in [1.82, 2.24) is 4.72 Å². The summed E-state index contributed by atoms with van der Waals surface area (Å²) in [6.07, 6.45) is 2.91. The van der Waals surface area contributed by atoms with E-state index in [9.17, 15) is 13.2 Å². The van der Waals surface area contributed by atoms with Crippen LogP contribution in [0.5, 0.6) is 0 Å². The SMILES string of the molecule is CCC(CC)CS(=O)(=O)NC(=O)c1ccoc1C. The number of hydrogen-bond donors (Lipinski definition) is 1. The van der Waals surface area contributed by atoms with Crippen molar-refractivity contribution < 1.29 is 17.6 Å². The maximum Gasteiger partial charge on any atom is 0.268 e. The molecule has 0 fully saturated rings. The van der Waals surface area contributed by atoms with Crippen LogP contribution in [0, 0.1) is 12.8 Å². The molecular formula is C12H19NO4S. The molecule has 102 valence electrons. The van der Waals surface area contributed by atoms with Crippen LogP contribution in [-0.2, 0) is 10.0 Å². The van der Waals surface area contributed by atoms with E-state index in [2.05, 4.69) is 4.72 Å². The number of furan rings is 1. The molecule has 1 heterocycles. The number of carbonyl (C=O) groups is 1. The molecule has 1 aromatic rings. The molecule has 0 saturated carbocycles. The van der Waals surface area contributed by atoms with Crippen molar-refractivity contribution in [2.24, 2.45) is 5.92 Å². The van der Waals surface area contributed by atoms with E-state index < -0.39 is 15.9 Å². The van der Waals surface area contributed by atoms with Gasteiger partial charge in [-0.25, -0.2) is 13.1 Å². The monoisotopic (exact) mass is 273 g/mol. The molecule has 0 aliphatic heterocycles. The Kier molecular flexibility index (Phi) is 4.95. The third-order valence-electron chi connectivity index (χ3n) is 2.96. The summed E-state index contributed by atoms with van der Waals surface area (Å²) in [7, 11) is -3.59. The summed E-state index contributed by atoms with van der Waals surface area (Å²) in [5.41, 5.74) is 0.253. The van der Waals surface area contributed by atoms with Gasteiger partial charge in [0.05, 0.1) is 17.6 Å². The minimum Gasteiger partial charge on any atom is -0.469 e. The van der Waals surface area contributed by atoms with Gasteiger partial charge in [-0.1, -0.05) is 26.7 Å². The van der Waals surface area contributed by atoms with Crippen LogP contribution < -0.4 is 4.72 Å². The molecular weight excluding hydrogens is 254 g/mol. The smallest absolute Gasteiger partial charge is 0.268 e. The summed E-state index contributed by atoms with van der Waals surface area (Å²) in [6, 6.07) is 1.46. The molecule has 0 aromatic carbocycles. The largest absolute Gasteiger partial charge is 0.469 e. The topological polar surface area (TPSA) is 76.4 Å². The second-order valence-corrected chi connectivity index (χ2v) is 6.05. The van der Waals surface area contributed by atoms with Crippen LogP contribution in [0.25, 0.3) is 0 Å². The first-order valence-corrected chi connectivity index (χ1v) is 7.63. The highest BCUT2D eigenvalue weighted by molar-refractivity contribution is 7.90. The second kappa shape index (κ2) is 6.04. The molecule has 0 unspecified atom stereocenters.